The molecule has 0 radical (unpaired) electrons. The highest BCUT2D eigenvalue weighted by Gasteiger charge is 2.42. The fourth-order valence-corrected chi connectivity index (χ4v) is 4.33. The van der Waals surface area contributed by atoms with E-state index < -0.39 is 15.4 Å². The number of hydrogen-bond donors (Lipinski definition) is 1. The van der Waals surface area contributed by atoms with Crippen molar-refractivity contribution >= 4 is 9.84 Å². The maximum atomic E-state index is 11.6. The molecular formula is C13H26O3S. The van der Waals surface area contributed by atoms with Crippen LogP contribution in [-0.4, -0.2) is 30.6 Å². The van der Waals surface area contributed by atoms with Gasteiger partial charge in [-0.15, -0.1) is 0 Å². The monoisotopic (exact) mass is 262 g/mol. The Kier molecular flexibility index (Phi) is 4.64. The van der Waals surface area contributed by atoms with Crippen LogP contribution in [-0.2, 0) is 9.84 Å². The molecule has 0 aromatic rings. The first kappa shape index (κ1) is 15.0. The number of sulfone groups is 1. The first-order valence-corrected chi connectivity index (χ1v) is 8.58. The van der Waals surface area contributed by atoms with E-state index in [0.717, 1.165) is 19.3 Å². The summed E-state index contributed by atoms with van der Waals surface area (Å²) in [6, 6.07) is 0. The van der Waals surface area contributed by atoms with Crippen LogP contribution in [0.2, 0.25) is 0 Å². The van der Waals surface area contributed by atoms with Crippen LogP contribution in [0.1, 0.15) is 52.9 Å². The zero-order valence-corrected chi connectivity index (χ0v) is 12.3. The average Bonchev–Trinajstić information content (AvgIpc) is 2.26. The lowest BCUT2D eigenvalue weighted by atomic mass is 9.70. The second-order valence-electron chi connectivity index (χ2n) is 5.81. The van der Waals surface area contributed by atoms with E-state index in [1.54, 1.807) is 0 Å². The second-order valence-corrected chi connectivity index (χ2v) is 8.14. The molecule has 0 aromatic heterocycles. The molecule has 0 aliphatic heterocycles. The van der Waals surface area contributed by atoms with Crippen molar-refractivity contribution in [1.82, 2.24) is 0 Å². The highest BCUT2D eigenvalue weighted by atomic mass is 32.2. The Morgan fingerprint density at radius 3 is 2.35 bits per heavy atom. The van der Waals surface area contributed by atoms with Crippen molar-refractivity contribution in [3.05, 3.63) is 0 Å². The molecule has 1 saturated carbocycles. The third-order valence-corrected chi connectivity index (χ3v) is 6.14. The molecule has 1 N–H and O–H groups in total. The molecule has 3 atom stereocenters. The van der Waals surface area contributed by atoms with Crippen molar-refractivity contribution in [2.45, 2.75) is 63.7 Å². The van der Waals surface area contributed by atoms with Crippen LogP contribution < -0.4 is 0 Å². The van der Waals surface area contributed by atoms with Crippen LogP contribution in [0.25, 0.3) is 0 Å². The molecule has 0 saturated heterocycles. The van der Waals surface area contributed by atoms with E-state index in [1.807, 2.05) is 20.8 Å². The average molecular weight is 262 g/mol. The van der Waals surface area contributed by atoms with Crippen LogP contribution in [0, 0.1) is 11.8 Å². The predicted molar refractivity (Wildman–Crippen MR) is 70.7 cm³/mol. The molecule has 0 spiro atoms. The Bertz CT molecular complexity index is 348. The Balaban J connectivity index is 2.86. The Hall–Kier alpha value is -0.0900. The predicted octanol–water partition coefficient (Wildman–Crippen LogP) is 2.39. The van der Waals surface area contributed by atoms with Gasteiger partial charge in [0.1, 0.15) is 9.84 Å². The van der Waals surface area contributed by atoms with Gasteiger partial charge in [-0.1, -0.05) is 27.2 Å². The minimum atomic E-state index is -2.96. The summed E-state index contributed by atoms with van der Waals surface area (Å²) in [5.41, 5.74) is -0.705. The molecule has 3 unspecified atom stereocenters. The lowest BCUT2D eigenvalue weighted by Crippen LogP contribution is -2.46. The van der Waals surface area contributed by atoms with E-state index in [0.29, 0.717) is 12.8 Å². The summed E-state index contributed by atoms with van der Waals surface area (Å²) in [4.78, 5) is 0. The van der Waals surface area contributed by atoms with Gasteiger partial charge in [0.15, 0.2) is 0 Å². The van der Waals surface area contributed by atoms with Crippen molar-refractivity contribution in [2.75, 3.05) is 6.26 Å². The molecule has 1 fully saturated rings. The number of aliphatic hydroxyl groups is 1. The first-order valence-electron chi connectivity index (χ1n) is 6.63. The van der Waals surface area contributed by atoms with Gasteiger partial charge < -0.3 is 5.11 Å². The van der Waals surface area contributed by atoms with E-state index >= 15 is 0 Å². The molecule has 102 valence electrons. The summed E-state index contributed by atoms with van der Waals surface area (Å²) in [6.45, 7) is 6.03. The van der Waals surface area contributed by atoms with Gasteiger partial charge in [0, 0.05) is 6.26 Å². The number of rotatable bonds is 4. The molecule has 4 heteroatoms. The zero-order chi connectivity index (χ0) is 13.3. The summed E-state index contributed by atoms with van der Waals surface area (Å²) in [5.74, 6) is 0.303. The van der Waals surface area contributed by atoms with Crippen molar-refractivity contribution in [3.63, 3.8) is 0 Å². The summed E-state index contributed by atoms with van der Waals surface area (Å²) in [6.07, 6.45) is 5.27. The maximum absolute atomic E-state index is 11.6. The second kappa shape index (κ2) is 5.27. The third kappa shape index (κ3) is 3.22. The van der Waals surface area contributed by atoms with Gasteiger partial charge in [0.05, 0.1) is 10.9 Å². The molecule has 17 heavy (non-hydrogen) atoms. The SMILES string of the molecule is CCC(O)(C(C)C)C1CCCC(S(C)(=O)=O)C1. The molecule has 1 rings (SSSR count). The topological polar surface area (TPSA) is 54.4 Å². The van der Waals surface area contributed by atoms with E-state index in [-0.39, 0.29) is 17.1 Å². The lowest BCUT2D eigenvalue weighted by molar-refractivity contribution is -0.0729. The summed E-state index contributed by atoms with van der Waals surface area (Å²) in [5, 5.41) is 10.5. The van der Waals surface area contributed by atoms with E-state index in [2.05, 4.69) is 0 Å². The lowest BCUT2D eigenvalue weighted by Gasteiger charge is -2.42. The third-order valence-electron chi connectivity index (χ3n) is 4.50. The molecule has 1 aliphatic rings. The molecule has 3 nitrogen and oxygen atoms in total. The van der Waals surface area contributed by atoms with E-state index in [1.165, 1.54) is 6.26 Å². The minimum absolute atomic E-state index is 0.126. The molecule has 0 bridgehead atoms. The standard InChI is InChI=1S/C13H26O3S/c1-5-13(14,10(2)3)11-7-6-8-12(9-11)17(4,15)16/h10-12,14H,5-9H2,1-4H3. The summed E-state index contributed by atoms with van der Waals surface area (Å²) in [7, 11) is -2.96. The summed E-state index contributed by atoms with van der Waals surface area (Å²) >= 11 is 0. The fraction of sp³-hybridized carbons (Fsp3) is 1.00. The molecule has 1 aliphatic carbocycles. The fourth-order valence-electron chi connectivity index (χ4n) is 3.16. The minimum Gasteiger partial charge on any atom is -0.389 e. The molecular weight excluding hydrogens is 236 g/mol. The van der Waals surface area contributed by atoms with Crippen molar-refractivity contribution < 1.29 is 13.5 Å². The van der Waals surface area contributed by atoms with Gasteiger partial charge in [-0.25, -0.2) is 8.42 Å². The Morgan fingerprint density at radius 1 is 1.35 bits per heavy atom. The van der Waals surface area contributed by atoms with Crippen molar-refractivity contribution in [3.8, 4) is 0 Å². The van der Waals surface area contributed by atoms with Gasteiger partial charge in [-0.05, 0) is 37.5 Å². The molecule has 0 heterocycles. The molecule has 0 amide bonds. The first-order chi connectivity index (χ1) is 7.71. The van der Waals surface area contributed by atoms with Crippen LogP contribution in [0.4, 0.5) is 0 Å². The summed E-state index contributed by atoms with van der Waals surface area (Å²) < 4.78 is 23.3. The van der Waals surface area contributed by atoms with Crippen molar-refractivity contribution in [1.29, 1.82) is 0 Å². The molecule has 0 aromatic carbocycles. The highest BCUT2D eigenvalue weighted by molar-refractivity contribution is 7.91. The smallest absolute Gasteiger partial charge is 0.150 e. The number of hydrogen-bond acceptors (Lipinski definition) is 3. The van der Waals surface area contributed by atoms with E-state index in [9.17, 15) is 13.5 Å². The van der Waals surface area contributed by atoms with Crippen LogP contribution in [0.15, 0.2) is 0 Å². The quantitative estimate of drug-likeness (QED) is 0.846. The highest BCUT2D eigenvalue weighted by Crippen LogP contribution is 2.40. The van der Waals surface area contributed by atoms with Crippen molar-refractivity contribution in [2.24, 2.45) is 11.8 Å². The maximum Gasteiger partial charge on any atom is 0.150 e. The van der Waals surface area contributed by atoms with Crippen LogP contribution in [0.3, 0.4) is 0 Å². The van der Waals surface area contributed by atoms with Gasteiger partial charge in [-0.2, -0.15) is 0 Å². The van der Waals surface area contributed by atoms with Crippen LogP contribution >= 0.6 is 0 Å². The van der Waals surface area contributed by atoms with Gasteiger partial charge in [0.2, 0.25) is 0 Å². The Labute approximate surface area is 106 Å². The van der Waals surface area contributed by atoms with Gasteiger partial charge in [0.25, 0.3) is 0 Å². The van der Waals surface area contributed by atoms with Gasteiger partial charge in [-0.3, -0.25) is 0 Å². The normalized spacial score (nSPS) is 30.2. The Morgan fingerprint density at radius 2 is 1.94 bits per heavy atom. The van der Waals surface area contributed by atoms with Gasteiger partial charge >= 0.3 is 0 Å². The largest absolute Gasteiger partial charge is 0.389 e. The van der Waals surface area contributed by atoms with Crippen LogP contribution in [0.5, 0.6) is 0 Å². The van der Waals surface area contributed by atoms with E-state index in [4.69, 9.17) is 0 Å². The zero-order valence-electron chi connectivity index (χ0n) is 11.4.